The van der Waals surface area contributed by atoms with E-state index in [2.05, 4.69) is 65.2 Å². The Morgan fingerprint density at radius 2 is 1.82 bits per heavy atom. The first kappa shape index (κ1) is 26.8. The van der Waals surface area contributed by atoms with Gasteiger partial charge in [0.2, 0.25) is 5.95 Å². The second-order valence-corrected chi connectivity index (χ2v) is 10.4. The van der Waals surface area contributed by atoms with Gasteiger partial charge in [-0.15, -0.1) is 0 Å². The molecule has 0 radical (unpaired) electrons. The molecule has 4 heterocycles. The average Bonchev–Trinajstić information content (AvgIpc) is 3.42. The van der Waals surface area contributed by atoms with Crippen molar-refractivity contribution in [3.05, 3.63) is 77.2 Å². The van der Waals surface area contributed by atoms with Crippen molar-refractivity contribution in [2.24, 2.45) is 5.92 Å². The van der Waals surface area contributed by atoms with Crippen molar-refractivity contribution in [1.82, 2.24) is 24.3 Å². The Bertz CT molecular complexity index is 1450. The number of nitriles is 1. The van der Waals surface area contributed by atoms with Crippen molar-refractivity contribution in [3.63, 3.8) is 0 Å². The van der Waals surface area contributed by atoms with Gasteiger partial charge in [-0.05, 0) is 80.9 Å². The molecule has 4 aromatic rings. The van der Waals surface area contributed by atoms with Crippen molar-refractivity contribution in [3.8, 4) is 17.5 Å². The molecule has 1 saturated heterocycles. The number of rotatable bonds is 9. The van der Waals surface area contributed by atoms with Crippen LogP contribution in [0.3, 0.4) is 0 Å². The molecule has 1 unspecified atom stereocenters. The highest BCUT2D eigenvalue weighted by Crippen LogP contribution is 2.32. The number of pyridine rings is 1. The van der Waals surface area contributed by atoms with Crippen molar-refractivity contribution in [2.45, 2.75) is 58.6 Å². The van der Waals surface area contributed by atoms with E-state index in [1.165, 1.54) is 6.42 Å². The molecule has 0 saturated carbocycles. The molecular weight excluding hydrogens is 486 g/mol. The number of aliphatic hydroxyl groups is 1. The summed E-state index contributed by atoms with van der Waals surface area (Å²) in [4.78, 5) is 16.2. The van der Waals surface area contributed by atoms with Crippen LogP contribution in [0, 0.1) is 17.2 Å². The van der Waals surface area contributed by atoms with E-state index in [1.54, 1.807) is 12.4 Å². The van der Waals surface area contributed by atoms with Gasteiger partial charge in [-0.2, -0.15) is 5.26 Å². The van der Waals surface area contributed by atoms with E-state index in [4.69, 9.17) is 4.98 Å². The van der Waals surface area contributed by atoms with Crippen LogP contribution in [0.25, 0.3) is 17.0 Å². The predicted molar refractivity (Wildman–Crippen MR) is 153 cm³/mol. The zero-order chi connectivity index (χ0) is 27.4. The lowest BCUT2D eigenvalue weighted by molar-refractivity contribution is 0.0589. The zero-order valence-corrected chi connectivity index (χ0v) is 23.0. The Kier molecular flexibility index (Phi) is 8.20. The highest BCUT2D eigenvalue weighted by Gasteiger charge is 2.26. The van der Waals surface area contributed by atoms with Gasteiger partial charge in [0.1, 0.15) is 17.4 Å². The highest BCUT2D eigenvalue weighted by molar-refractivity contribution is 5.68. The zero-order valence-electron chi connectivity index (χ0n) is 23.0. The van der Waals surface area contributed by atoms with Crippen LogP contribution in [0.1, 0.15) is 74.4 Å². The predicted octanol–water partition coefficient (Wildman–Crippen LogP) is 5.55. The molecule has 8 nitrogen and oxygen atoms in total. The lowest BCUT2D eigenvalue weighted by Crippen LogP contribution is -2.36. The number of hydrogen-bond acceptors (Lipinski definition) is 7. The van der Waals surface area contributed by atoms with E-state index in [0.717, 1.165) is 66.9 Å². The first-order valence-corrected chi connectivity index (χ1v) is 14.0. The van der Waals surface area contributed by atoms with Crippen LogP contribution in [0.15, 0.2) is 55.0 Å². The number of aryl methyl sites for hydroxylation is 1. The van der Waals surface area contributed by atoms with Crippen LogP contribution >= 0.6 is 0 Å². The Morgan fingerprint density at radius 3 is 2.51 bits per heavy atom. The molecule has 2 N–H and O–H groups in total. The molecule has 5 rings (SSSR count). The maximum atomic E-state index is 11.0. The third-order valence-electron chi connectivity index (χ3n) is 7.89. The van der Waals surface area contributed by atoms with Gasteiger partial charge < -0.3 is 15.3 Å². The van der Waals surface area contributed by atoms with E-state index in [1.807, 2.05) is 28.8 Å². The van der Waals surface area contributed by atoms with Crippen molar-refractivity contribution in [2.75, 3.05) is 25.0 Å². The summed E-state index contributed by atoms with van der Waals surface area (Å²) < 4.78 is 1.98. The van der Waals surface area contributed by atoms with Gasteiger partial charge in [0, 0.05) is 6.20 Å². The summed E-state index contributed by atoms with van der Waals surface area (Å²) in [5, 5.41) is 24.1. The standard InChI is InChI=1S/C31H37N7O/c1-4-14-37-16-12-25(13-17-37)29(39)24-10-8-23(9-11-24)21(3)35-31-34-19-26(18-32)28(36-31)27-20-33-30-22(5-2)7-6-15-38(27)30/h6-11,15,19-21,25,29,39H,4-5,12-14,16-17H2,1-3H3,(H,34,35,36)/t21-,29?/m0/s1. The molecule has 0 bridgehead atoms. The molecule has 0 amide bonds. The van der Waals surface area contributed by atoms with Gasteiger partial charge in [-0.3, -0.25) is 4.40 Å². The summed E-state index contributed by atoms with van der Waals surface area (Å²) in [5.74, 6) is 0.749. The molecule has 0 aliphatic carbocycles. The van der Waals surface area contributed by atoms with Crippen molar-refractivity contribution >= 4 is 11.6 Å². The van der Waals surface area contributed by atoms with E-state index < -0.39 is 6.10 Å². The van der Waals surface area contributed by atoms with Crippen LogP contribution in [-0.2, 0) is 6.42 Å². The number of benzene rings is 1. The third kappa shape index (κ3) is 5.65. The summed E-state index contributed by atoms with van der Waals surface area (Å²) in [6, 6.07) is 14.4. The van der Waals surface area contributed by atoms with Crippen molar-refractivity contribution < 1.29 is 5.11 Å². The summed E-state index contributed by atoms with van der Waals surface area (Å²) in [7, 11) is 0. The second kappa shape index (κ2) is 11.9. The molecular formula is C31H37N7O. The summed E-state index contributed by atoms with van der Waals surface area (Å²) in [6.07, 6.45) is 8.95. The average molecular weight is 524 g/mol. The smallest absolute Gasteiger partial charge is 0.223 e. The molecule has 8 heteroatoms. The monoisotopic (exact) mass is 523 g/mol. The van der Waals surface area contributed by atoms with E-state index >= 15 is 0 Å². The Hall–Kier alpha value is -3.80. The minimum absolute atomic E-state index is 0.0665. The first-order chi connectivity index (χ1) is 19.0. The SMILES string of the molecule is CCCN1CCC(C(O)c2ccc([C@H](C)Nc3ncc(C#N)c(-c4cnc5c(CC)cccn45)n3)cc2)CC1. The van der Waals surface area contributed by atoms with E-state index in [9.17, 15) is 10.4 Å². The van der Waals surface area contributed by atoms with Gasteiger partial charge >= 0.3 is 0 Å². The number of nitrogens with one attached hydrogen (secondary N) is 1. The maximum Gasteiger partial charge on any atom is 0.223 e. The number of anilines is 1. The number of aromatic nitrogens is 4. The molecule has 0 spiro atoms. The third-order valence-corrected chi connectivity index (χ3v) is 7.89. The molecule has 2 atom stereocenters. The number of aliphatic hydroxyl groups excluding tert-OH is 1. The Balaban J connectivity index is 1.30. The van der Waals surface area contributed by atoms with Gasteiger partial charge in [0.05, 0.1) is 35.8 Å². The number of fused-ring (bicyclic) bond motifs is 1. The largest absolute Gasteiger partial charge is 0.388 e. The topological polar surface area (TPSA) is 102 Å². The lowest BCUT2D eigenvalue weighted by Gasteiger charge is -2.34. The van der Waals surface area contributed by atoms with Gasteiger partial charge in [0.25, 0.3) is 0 Å². The summed E-state index contributed by atoms with van der Waals surface area (Å²) in [5.41, 5.74) is 5.75. The fourth-order valence-corrected chi connectivity index (χ4v) is 5.59. The highest BCUT2D eigenvalue weighted by atomic mass is 16.3. The van der Waals surface area contributed by atoms with Crippen LogP contribution in [0.5, 0.6) is 0 Å². The molecule has 1 aliphatic rings. The number of hydrogen-bond donors (Lipinski definition) is 2. The van der Waals surface area contributed by atoms with Gasteiger partial charge in [0.15, 0.2) is 0 Å². The van der Waals surface area contributed by atoms with Crippen LogP contribution in [-0.4, -0.2) is 49.0 Å². The first-order valence-electron chi connectivity index (χ1n) is 14.0. The minimum atomic E-state index is -0.436. The number of likely N-dealkylation sites (tertiary alicyclic amines) is 1. The van der Waals surface area contributed by atoms with Gasteiger partial charge in [-0.25, -0.2) is 15.0 Å². The molecule has 1 aromatic carbocycles. The number of imidazole rings is 1. The van der Waals surface area contributed by atoms with Crippen LogP contribution in [0.4, 0.5) is 5.95 Å². The molecule has 1 aliphatic heterocycles. The fraction of sp³-hybridized carbons (Fsp3) is 0.419. The maximum absolute atomic E-state index is 11.0. The van der Waals surface area contributed by atoms with Crippen LogP contribution < -0.4 is 5.32 Å². The lowest BCUT2D eigenvalue weighted by atomic mass is 9.87. The quantitative estimate of drug-likeness (QED) is 0.296. The molecule has 39 heavy (non-hydrogen) atoms. The van der Waals surface area contributed by atoms with Crippen LogP contribution in [0.2, 0.25) is 0 Å². The Morgan fingerprint density at radius 1 is 1.08 bits per heavy atom. The molecule has 1 fully saturated rings. The second-order valence-electron chi connectivity index (χ2n) is 10.4. The normalized spacial score (nSPS) is 16.2. The number of nitrogens with zero attached hydrogens (tertiary/aromatic N) is 6. The number of piperidine rings is 1. The Labute approximate surface area is 230 Å². The van der Waals surface area contributed by atoms with E-state index in [-0.39, 0.29) is 6.04 Å². The van der Waals surface area contributed by atoms with Crippen molar-refractivity contribution in [1.29, 1.82) is 5.26 Å². The summed E-state index contributed by atoms with van der Waals surface area (Å²) in [6.45, 7) is 9.65. The minimum Gasteiger partial charge on any atom is -0.388 e. The van der Waals surface area contributed by atoms with E-state index in [0.29, 0.717) is 23.1 Å². The fourth-order valence-electron chi connectivity index (χ4n) is 5.59. The van der Waals surface area contributed by atoms with Gasteiger partial charge in [-0.1, -0.05) is 44.2 Å². The molecule has 3 aromatic heterocycles. The summed E-state index contributed by atoms with van der Waals surface area (Å²) >= 11 is 0. The molecule has 202 valence electrons.